The van der Waals surface area contributed by atoms with Gasteiger partial charge in [0.2, 0.25) is 0 Å². The van der Waals surface area contributed by atoms with Gasteiger partial charge in [-0.25, -0.2) is 0 Å². The monoisotopic (exact) mass is 285 g/mol. The van der Waals surface area contributed by atoms with E-state index in [1.54, 1.807) is 32.4 Å². The molecule has 2 rings (SSSR count). The van der Waals surface area contributed by atoms with Crippen molar-refractivity contribution in [2.24, 2.45) is 0 Å². The Labute approximate surface area is 124 Å². The summed E-state index contributed by atoms with van der Waals surface area (Å²) in [6, 6.07) is 10.8. The predicted molar refractivity (Wildman–Crippen MR) is 83.2 cm³/mol. The molecule has 0 saturated heterocycles. The molecule has 0 radical (unpaired) electrons. The highest BCUT2D eigenvalue weighted by molar-refractivity contribution is 5.98. The van der Waals surface area contributed by atoms with Crippen LogP contribution in [0.5, 0.6) is 11.5 Å². The zero-order valence-electron chi connectivity index (χ0n) is 12.5. The lowest BCUT2D eigenvalue weighted by atomic mass is 10.0. The Balaban J connectivity index is 2.21. The topological polar surface area (TPSA) is 61.5 Å². The van der Waals surface area contributed by atoms with Gasteiger partial charge < -0.3 is 15.2 Å². The largest absolute Gasteiger partial charge is 0.493 e. The number of Topliss-reactive ketones (excluding diaryl/α,β-unsaturated/α-hetero) is 1. The van der Waals surface area contributed by atoms with Crippen LogP contribution in [-0.2, 0) is 6.42 Å². The van der Waals surface area contributed by atoms with Crippen molar-refractivity contribution in [2.75, 3.05) is 20.0 Å². The maximum atomic E-state index is 12.3. The molecule has 2 N–H and O–H groups in total. The molecule has 0 aliphatic carbocycles. The summed E-state index contributed by atoms with van der Waals surface area (Å²) in [6.45, 7) is 1.89. The molecule has 4 heteroatoms. The molecule has 0 bridgehead atoms. The lowest BCUT2D eigenvalue weighted by Gasteiger charge is -2.09. The van der Waals surface area contributed by atoms with Crippen molar-refractivity contribution in [3.8, 4) is 11.5 Å². The first-order valence-electron chi connectivity index (χ1n) is 6.65. The first-order chi connectivity index (χ1) is 10.0. The molecule has 21 heavy (non-hydrogen) atoms. The maximum Gasteiger partial charge on any atom is 0.167 e. The number of aryl methyl sites for hydroxylation is 1. The van der Waals surface area contributed by atoms with Crippen LogP contribution in [0.2, 0.25) is 0 Å². The second-order valence-corrected chi connectivity index (χ2v) is 4.86. The Bertz CT molecular complexity index is 665. The fourth-order valence-electron chi connectivity index (χ4n) is 2.13. The number of benzene rings is 2. The van der Waals surface area contributed by atoms with E-state index in [1.807, 2.05) is 25.1 Å². The van der Waals surface area contributed by atoms with Crippen molar-refractivity contribution >= 4 is 11.5 Å². The molecule has 0 amide bonds. The molecule has 2 aromatic carbocycles. The molecule has 110 valence electrons. The standard InChI is InChI=1S/C17H19NO3/c1-11-8-13(5-6-14(11)18)15(19)9-12-4-7-16(20-2)17(10-12)21-3/h4-8,10H,9,18H2,1-3H3. The minimum atomic E-state index is 0.0466. The SMILES string of the molecule is COc1ccc(CC(=O)c2ccc(N)c(C)c2)cc1OC. The van der Waals surface area contributed by atoms with Gasteiger partial charge in [0.1, 0.15) is 0 Å². The molecule has 0 heterocycles. The Kier molecular flexibility index (Phi) is 4.48. The second kappa shape index (κ2) is 6.31. The zero-order chi connectivity index (χ0) is 15.4. The number of carbonyl (C=O) groups is 1. The van der Waals surface area contributed by atoms with Gasteiger partial charge in [-0.15, -0.1) is 0 Å². The smallest absolute Gasteiger partial charge is 0.167 e. The second-order valence-electron chi connectivity index (χ2n) is 4.86. The molecule has 0 aromatic heterocycles. The van der Waals surface area contributed by atoms with Gasteiger partial charge in [-0.05, 0) is 48.4 Å². The Morgan fingerprint density at radius 2 is 1.76 bits per heavy atom. The Morgan fingerprint density at radius 3 is 2.38 bits per heavy atom. The zero-order valence-corrected chi connectivity index (χ0v) is 12.5. The lowest BCUT2D eigenvalue weighted by molar-refractivity contribution is 0.0993. The average molecular weight is 285 g/mol. The minimum Gasteiger partial charge on any atom is -0.493 e. The van der Waals surface area contributed by atoms with Crippen molar-refractivity contribution in [3.05, 3.63) is 53.1 Å². The number of nitrogen functional groups attached to an aromatic ring is 1. The summed E-state index contributed by atoms with van der Waals surface area (Å²) in [5, 5.41) is 0. The van der Waals surface area contributed by atoms with Crippen LogP contribution in [0, 0.1) is 6.92 Å². The molecule has 0 fully saturated rings. The maximum absolute atomic E-state index is 12.3. The third-order valence-electron chi connectivity index (χ3n) is 3.40. The summed E-state index contributed by atoms with van der Waals surface area (Å²) in [6.07, 6.45) is 0.309. The molecule has 0 saturated carbocycles. The molecule has 0 aliphatic heterocycles. The minimum absolute atomic E-state index is 0.0466. The Hall–Kier alpha value is -2.49. The highest BCUT2D eigenvalue weighted by Gasteiger charge is 2.11. The van der Waals surface area contributed by atoms with Crippen LogP contribution in [-0.4, -0.2) is 20.0 Å². The van der Waals surface area contributed by atoms with Crippen molar-refractivity contribution in [2.45, 2.75) is 13.3 Å². The summed E-state index contributed by atoms with van der Waals surface area (Å²) in [5.74, 6) is 1.32. The molecule has 0 aliphatic rings. The third-order valence-corrected chi connectivity index (χ3v) is 3.40. The quantitative estimate of drug-likeness (QED) is 0.677. The summed E-state index contributed by atoms with van der Waals surface area (Å²) in [4.78, 5) is 12.3. The van der Waals surface area contributed by atoms with E-state index in [-0.39, 0.29) is 5.78 Å². The molecule has 0 atom stereocenters. The van der Waals surface area contributed by atoms with E-state index in [0.29, 0.717) is 29.2 Å². The fraction of sp³-hybridized carbons (Fsp3) is 0.235. The van der Waals surface area contributed by atoms with E-state index < -0.39 is 0 Å². The number of hydrogen-bond acceptors (Lipinski definition) is 4. The van der Waals surface area contributed by atoms with Crippen LogP contribution in [0.25, 0.3) is 0 Å². The number of anilines is 1. The van der Waals surface area contributed by atoms with Gasteiger partial charge in [-0.1, -0.05) is 6.07 Å². The van der Waals surface area contributed by atoms with Crippen molar-refractivity contribution < 1.29 is 14.3 Å². The van der Waals surface area contributed by atoms with E-state index in [0.717, 1.165) is 11.1 Å². The molecule has 2 aromatic rings. The first-order valence-corrected chi connectivity index (χ1v) is 6.65. The summed E-state index contributed by atoms with van der Waals surface area (Å²) >= 11 is 0. The number of hydrogen-bond donors (Lipinski definition) is 1. The van der Waals surface area contributed by atoms with Gasteiger partial charge in [0.15, 0.2) is 17.3 Å². The van der Waals surface area contributed by atoms with Crippen LogP contribution < -0.4 is 15.2 Å². The highest BCUT2D eigenvalue weighted by Crippen LogP contribution is 2.28. The van der Waals surface area contributed by atoms with Crippen molar-refractivity contribution in [3.63, 3.8) is 0 Å². The van der Waals surface area contributed by atoms with E-state index in [4.69, 9.17) is 15.2 Å². The van der Waals surface area contributed by atoms with Gasteiger partial charge in [0, 0.05) is 17.7 Å². The number of ketones is 1. The van der Waals surface area contributed by atoms with Crippen LogP contribution >= 0.6 is 0 Å². The van der Waals surface area contributed by atoms with Gasteiger partial charge in [0.25, 0.3) is 0 Å². The van der Waals surface area contributed by atoms with E-state index in [9.17, 15) is 4.79 Å². The summed E-state index contributed by atoms with van der Waals surface area (Å²) in [5.41, 5.74) is 8.92. The molecule has 0 unspecified atom stereocenters. The number of rotatable bonds is 5. The third kappa shape index (κ3) is 3.34. The summed E-state index contributed by atoms with van der Waals surface area (Å²) in [7, 11) is 3.16. The van der Waals surface area contributed by atoms with Gasteiger partial charge in [-0.2, -0.15) is 0 Å². The molecular formula is C17H19NO3. The average Bonchev–Trinajstić information content (AvgIpc) is 2.49. The highest BCUT2D eigenvalue weighted by atomic mass is 16.5. The van der Waals surface area contributed by atoms with Crippen LogP contribution in [0.1, 0.15) is 21.5 Å². The lowest BCUT2D eigenvalue weighted by Crippen LogP contribution is -2.05. The molecule has 0 spiro atoms. The first kappa shape index (κ1) is 14.9. The number of methoxy groups -OCH3 is 2. The van der Waals surface area contributed by atoms with E-state index in [2.05, 4.69) is 0 Å². The van der Waals surface area contributed by atoms with Crippen LogP contribution in [0.4, 0.5) is 5.69 Å². The van der Waals surface area contributed by atoms with Crippen molar-refractivity contribution in [1.82, 2.24) is 0 Å². The number of carbonyl (C=O) groups excluding carboxylic acids is 1. The van der Waals surface area contributed by atoms with Gasteiger partial charge >= 0.3 is 0 Å². The summed E-state index contributed by atoms with van der Waals surface area (Å²) < 4.78 is 10.4. The Morgan fingerprint density at radius 1 is 1.05 bits per heavy atom. The van der Waals surface area contributed by atoms with E-state index in [1.165, 1.54) is 0 Å². The predicted octanol–water partition coefficient (Wildman–Crippen LogP) is 3.02. The molecular weight excluding hydrogens is 266 g/mol. The molecule has 4 nitrogen and oxygen atoms in total. The number of nitrogens with two attached hydrogens (primary N) is 1. The van der Waals surface area contributed by atoms with Gasteiger partial charge in [-0.3, -0.25) is 4.79 Å². The van der Waals surface area contributed by atoms with Crippen molar-refractivity contribution in [1.29, 1.82) is 0 Å². The van der Waals surface area contributed by atoms with Gasteiger partial charge in [0.05, 0.1) is 14.2 Å². The van der Waals surface area contributed by atoms with E-state index >= 15 is 0 Å². The number of ether oxygens (including phenoxy) is 2. The van der Waals surface area contributed by atoms with Crippen LogP contribution in [0.15, 0.2) is 36.4 Å². The fourth-order valence-corrected chi connectivity index (χ4v) is 2.13. The van der Waals surface area contributed by atoms with Crippen LogP contribution in [0.3, 0.4) is 0 Å². The normalized spacial score (nSPS) is 10.2.